The molecule has 0 bridgehead atoms. The van der Waals surface area contributed by atoms with E-state index in [0.29, 0.717) is 0 Å². The summed E-state index contributed by atoms with van der Waals surface area (Å²) in [6.07, 6.45) is 3.96. The summed E-state index contributed by atoms with van der Waals surface area (Å²) in [6.45, 7) is 0.755. The summed E-state index contributed by atoms with van der Waals surface area (Å²) in [5, 5.41) is 12.1. The molecule has 3 heteroatoms. The van der Waals surface area contributed by atoms with Crippen LogP contribution in [0.1, 0.15) is 11.3 Å². The fraction of sp³-hybridized carbons (Fsp3) is 0.0244. The second-order valence-corrected chi connectivity index (χ2v) is 11.4. The van der Waals surface area contributed by atoms with Crippen molar-refractivity contribution in [1.29, 1.82) is 0 Å². The average molecular weight is 565 g/mol. The van der Waals surface area contributed by atoms with Gasteiger partial charge in [-0.2, -0.15) is 0 Å². The number of rotatable bonds is 4. The molecule has 9 rings (SSSR count). The Kier molecular flexibility index (Phi) is 5.57. The Morgan fingerprint density at radius 3 is 2.09 bits per heavy atom. The van der Waals surface area contributed by atoms with Gasteiger partial charge in [0.25, 0.3) is 0 Å². The van der Waals surface area contributed by atoms with E-state index in [1.165, 1.54) is 49.0 Å². The molecule has 0 fully saturated rings. The highest BCUT2D eigenvalue weighted by atomic mass is 16.3. The Bertz CT molecular complexity index is 2380. The van der Waals surface area contributed by atoms with E-state index >= 15 is 0 Å². The van der Waals surface area contributed by atoms with Gasteiger partial charge in [-0.1, -0.05) is 97.1 Å². The van der Waals surface area contributed by atoms with Gasteiger partial charge >= 0.3 is 0 Å². The summed E-state index contributed by atoms with van der Waals surface area (Å²) < 4.78 is 6.19. The van der Waals surface area contributed by atoms with Crippen molar-refractivity contribution in [3.8, 4) is 11.1 Å². The zero-order valence-electron chi connectivity index (χ0n) is 24.0. The molecule has 0 radical (unpaired) electrons. The number of benzene rings is 7. The predicted molar refractivity (Wildman–Crippen MR) is 185 cm³/mol. The van der Waals surface area contributed by atoms with Gasteiger partial charge in [-0.05, 0) is 92.0 Å². The van der Waals surface area contributed by atoms with Crippen molar-refractivity contribution in [2.45, 2.75) is 6.54 Å². The first-order valence-corrected chi connectivity index (χ1v) is 15.1. The molecule has 0 saturated carbocycles. The molecule has 44 heavy (non-hydrogen) atoms. The minimum absolute atomic E-state index is 0.755. The summed E-state index contributed by atoms with van der Waals surface area (Å²) in [7, 11) is 0. The molecule has 1 aromatic heterocycles. The fourth-order valence-corrected chi connectivity index (χ4v) is 6.75. The molecular weight excluding hydrogens is 536 g/mol. The lowest BCUT2D eigenvalue weighted by Gasteiger charge is -2.26. The van der Waals surface area contributed by atoms with E-state index in [9.17, 15) is 0 Å². The Labute approximate surface area is 255 Å². The maximum absolute atomic E-state index is 6.19. The van der Waals surface area contributed by atoms with Gasteiger partial charge in [-0.25, -0.2) is 0 Å². The molecule has 7 aromatic carbocycles. The zero-order valence-corrected chi connectivity index (χ0v) is 24.0. The van der Waals surface area contributed by atoms with E-state index in [1.807, 2.05) is 12.3 Å². The number of hydrogen-bond acceptors (Lipinski definition) is 3. The first-order valence-electron chi connectivity index (χ1n) is 15.1. The Morgan fingerprint density at radius 1 is 0.523 bits per heavy atom. The third-order valence-corrected chi connectivity index (χ3v) is 8.89. The summed E-state index contributed by atoms with van der Waals surface area (Å²) >= 11 is 0. The fourth-order valence-electron chi connectivity index (χ4n) is 6.75. The van der Waals surface area contributed by atoms with Crippen molar-refractivity contribution < 1.29 is 4.42 Å². The Morgan fingerprint density at radius 2 is 1.20 bits per heavy atom. The molecule has 2 heterocycles. The molecule has 208 valence electrons. The first-order chi connectivity index (χ1) is 21.8. The average Bonchev–Trinajstić information content (AvgIpc) is 3.47. The second-order valence-electron chi connectivity index (χ2n) is 11.4. The van der Waals surface area contributed by atoms with Gasteiger partial charge < -0.3 is 14.6 Å². The maximum atomic E-state index is 6.19. The maximum Gasteiger partial charge on any atom is 0.135 e. The van der Waals surface area contributed by atoms with Crippen LogP contribution in [-0.2, 0) is 6.54 Å². The number of fused-ring (bicyclic) bond motifs is 8. The minimum atomic E-state index is 0.755. The number of nitrogens with zero attached hydrogens (tertiary/aromatic N) is 1. The Balaban J connectivity index is 1.24. The van der Waals surface area contributed by atoms with Crippen LogP contribution in [0.5, 0.6) is 0 Å². The van der Waals surface area contributed by atoms with Crippen LogP contribution in [0, 0.1) is 0 Å². The van der Waals surface area contributed by atoms with E-state index in [0.717, 1.165) is 40.3 Å². The number of hydrogen-bond donors (Lipinski definition) is 1. The van der Waals surface area contributed by atoms with Crippen molar-refractivity contribution in [2.75, 3.05) is 4.90 Å². The summed E-state index contributed by atoms with van der Waals surface area (Å²) in [5.74, 6) is 0.930. The smallest absolute Gasteiger partial charge is 0.135 e. The molecule has 1 aliphatic heterocycles. The van der Waals surface area contributed by atoms with Gasteiger partial charge in [0.15, 0.2) is 0 Å². The molecule has 0 atom stereocenters. The third-order valence-electron chi connectivity index (χ3n) is 8.89. The van der Waals surface area contributed by atoms with Gasteiger partial charge in [0.2, 0.25) is 0 Å². The highest BCUT2D eigenvalue weighted by Crippen LogP contribution is 2.41. The van der Waals surface area contributed by atoms with Crippen LogP contribution in [0.4, 0.5) is 17.1 Å². The van der Waals surface area contributed by atoms with Crippen molar-refractivity contribution in [3.63, 3.8) is 0 Å². The highest BCUT2D eigenvalue weighted by Gasteiger charge is 2.19. The zero-order chi connectivity index (χ0) is 29.0. The van der Waals surface area contributed by atoms with Gasteiger partial charge in [-0.3, -0.25) is 0 Å². The van der Waals surface area contributed by atoms with Crippen LogP contribution in [0.15, 0.2) is 150 Å². The predicted octanol–water partition coefficient (Wildman–Crippen LogP) is 11.1. The van der Waals surface area contributed by atoms with E-state index < -0.39 is 0 Å². The summed E-state index contributed by atoms with van der Waals surface area (Å²) in [4.78, 5) is 2.35. The van der Waals surface area contributed by atoms with E-state index in [2.05, 4.69) is 150 Å². The van der Waals surface area contributed by atoms with Gasteiger partial charge in [-0.15, -0.1) is 0 Å². The van der Waals surface area contributed by atoms with Gasteiger partial charge in [0, 0.05) is 40.8 Å². The quantitative estimate of drug-likeness (QED) is 0.216. The Hall–Kier alpha value is -5.80. The number of anilines is 3. The van der Waals surface area contributed by atoms with Crippen LogP contribution < -0.4 is 10.2 Å². The van der Waals surface area contributed by atoms with Crippen LogP contribution >= 0.6 is 0 Å². The largest absolute Gasteiger partial charge is 0.456 e. The van der Waals surface area contributed by atoms with Gasteiger partial charge in [0.05, 0.1) is 0 Å². The summed E-state index contributed by atoms with van der Waals surface area (Å²) in [6, 6.07) is 50.4. The molecular formula is C41H28N2O. The van der Waals surface area contributed by atoms with Crippen LogP contribution in [0.2, 0.25) is 0 Å². The number of nitrogens with one attached hydrogen (secondary N) is 1. The topological polar surface area (TPSA) is 28.4 Å². The van der Waals surface area contributed by atoms with Crippen molar-refractivity contribution in [3.05, 3.63) is 157 Å². The minimum Gasteiger partial charge on any atom is -0.456 e. The molecule has 8 aromatic rings. The van der Waals surface area contributed by atoms with Crippen LogP contribution in [0.3, 0.4) is 0 Å². The van der Waals surface area contributed by atoms with Crippen molar-refractivity contribution in [1.82, 2.24) is 5.32 Å². The molecule has 0 saturated heterocycles. The van der Waals surface area contributed by atoms with Crippen molar-refractivity contribution in [2.24, 2.45) is 0 Å². The molecule has 0 unspecified atom stereocenters. The molecule has 0 aliphatic carbocycles. The standard InChI is InChI=1S/C41H28N2O/c1-2-6-27(7-3-1)28-14-16-32(17-15-28)43(34-19-21-39-37(25-34)38-26-42-23-22-40(38)44-39)33-18-20-36-31(24-33)13-12-30-11-10-29-8-4-5-9-35(29)41(30)36/h1-25,42H,26H2. The van der Waals surface area contributed by atoms with Crippen LogP contribution in [-0.4, -0.2) is 0 Å². The first kappa shape index (κ1) is 24.8. The highest BCUT2D eigenvalue weighted by molar-refractivity contribution is 6.20. The molecule has 1 aliphatic rings. The number of furan rings is 1. The van der Waals surface area contributed by atoms with Crippen molar-refractivity contribution >= 4 is 66.4 Å². The lowest BCUT2D eigenvalue weighted by Crippen LogP contribution is -2.10. The SMILES string of the molecule is C1=Cc2oc3ccc(N(c4ccc(-c5ccccc5)cc4)c4ccc5c(ccc6ccc7ccccc7c65)c4)cc3c2CN1. The van der Waals surface area contributed by atoms with Crippen LogP contribution in [0.25, 0.3) is 60.5 Å². The molecule has 0 amide bonds. The molecule has 0 spiro atoms. The van der Waals surface area contributed by atoms with E-state index in [1.54, 1.807) is 0 Å². The molecule has 1 N–H and O–H groups in total. The monoisotopic (exact) mass is 564 g/mol. The molecule has 3 nitrogen and oxygen atoms in total. The van der Waals surface area contributed by atoms with E-state index in [4.69, 9.17) is 4.42 Å². The second kappa shape index (κ2) is 9.89. The lowest BCUT2D eigenvalue weighted by molar-refractivity contribution is 0.592. The lowest BCUT2D eigenvalue weighted by atomic mass is 9.96. The third kappa shape index (κ3) is 3.98. The summed E-state index contributed by atoms with van der Waals surface area (Å²) in [5.41, 5.74) is 7.81. The van der Waals surface area contributed by atoms with E-state index in [-0.39, 0.29) is 0 Å². The van der Waals surface area contributed by atoms with Gasteiger partial charge in [0.1, 0.15) is 11.3 Å². The normalized spacial score (nSPS) is 12.5.